The maximum atomic E-state index is 13.5. The Balaban J connectivity index is 2.44. The maximum absolute atomic E-state index is 13.5. The second-order valence-corrected chi connectivity index (χ2v) is 3.68. The van der Waals surface area contributed by atoms with Crippen molar-refractivity contribution in [1.29, 1.82) is 0 Å². The monoisotopic (exact) mass is 186 g/mol. The summed E-state index contributed by atoms with van der Waals surface area (Å²) >= 11 is 0. The highest BCUT2D eigenvalue weighted by Gasteiger charge is 2.11. The van der Waals surface area contributed by atoms with Gasteiger partial charge >= 0.3 is 0 Å². The van der Waals surface area contributed by atoms with Crippen LogP contribution in [0.3, 0.4) is 0 Å². The quantitative estimate of drug-likeness (QED) is 0.591. The first-order valence-electron chi connectivity index (χ1n) is 5.02. The van der Waals surface area contributed by atoms with Crippen LogP contribution in [0.4, 0.5) is 4.39 Å². The maximum Gasteiger partial charge on any atom is 0.130 e. The molecular formula is C12H12BF. The summed E-state index contributed by atoms with van der Waals surface area (Å²) < 4.78 is 13.5. The fourth-order valence-electron chi connectivity index (χ4n) is 1.94. The Morgan fingerprint density at radius 2 is 2.07 bits per heavy atom. The molecule has 0 atom stereocenters. The first kappa shape index (κ1) is 9.51. The molecule has 0 N–H and O–H groups in total. The molecule has 0 aromatic heterocycles. The highest BCUT2D eigenvalue weighted by atomic mass is 19.1. The summed E-state index contributed by atoms with van der Waals surface area (Å²) in [6.07, 6.45) is 6.45. The fraction of sp³-hybridized carbons (Fsp3) is 0.333. The average Bonchev–Trinajstić information content (AvgIpc) is 2.19. The summed E-state index contributed by atoms with van der Waals surface area (Å²) in [6, 6.07) is 4.88. The topological polar surface area (TPSA) is 0 Å². The summed E-state index contributed by atoms with van der Waals surface area (Å²) in [7, 11) is 5.77. The van der Waals surface area contributed by atoms with Gasteiger partial charge in [0.1, 0.15) is 13.7 Å². The van der Waals surface area contributed by atoms with E-state index in [4.69, 9.17) is 7.85 Å². The zero-order valence-corrected chi connectivity index (χ0v) is 8.09. The lowest BCUT2D eigenvalue weighted by atomic mass is 9.83. The van der Waals surface area contributed by atoms with Gasteiger partial charge in [-0.15, -0.1) is 0 Å². The predicted octanol–water partition coefficient (Wildman–Crippen LogP) is 2.58. The third-order valence-electron chi connectivity index (χ3n) is 2.66. The van der Waals surface area contributed by atoms with Crippen LogP contribution in [0, 0.1) is 5.82 Å². The van der Waals surface area contributed by atoms with Gasteiger partial charge in [0.2, 0.25) is 0 Å². The first-order chi connectivity index (χ1) is 6.79. The van der Waals surface area contributed by atoms with Crippen molar-refractivity contribution in [2.45, 2.75) is 25.7 Å². The molecule has 0 spiro atoms. The van der Waals surface area contributed by atoms with E-state index < -0.39 is 0 Å². The lowest BCUT2D eigenvalue weighted by Crippen LogP contribution is -2.12. The van der Waals surface area contributed by atoms with Crippen LogP contribution >= 0.6 is 0 Å². The van der Waals surface area contributed by atoms with Crippen molar-refractivity contribution in [1.82, 2.24) is 0 Å². The van der Waals surface area contributed by atoms with Crippen LogP contribution in [-0.2, 0) is 0 Å². The van der Waals surface area contributed by atoms with Crippen molar-refractivity contribution in [2.75, 3.05) is 0 Å². The molecule has 2 radical (unpaired) electrons. The molecular weight excluding hydrogens is 174 g/mol. The van der Waals surface area contributed by atoms with Crippen molar-refractivity contribution < 1.29 is 4.39 Å². The summed E-state index contributed by atoms with van der Waals surface area (Å²) in [5.74, 6) is -0.196. The lowest BCUT2D eigenvalue weighted by molar-refractivity contribution is 0.622. The molecule has 1 aromatic rings. The molecule has 2 heteroatoms. The first-order valence-corrected chi connectivity index (χ1v) is 5.02. The Bertz CT molecular complexity index is 348. The van der Waals surface area contributed by atoms with E-state index in [1.54, 1.807) is 12.1 Å². The van der Waals surface area contributed by atoms with Crippen LogP contribution in [0.15, 0.2) is 24.3 Å². The number of hydrogen-bond acceptors (Lipinski definition) is 0. The lowest BCUT2D eigenvalue weighted by Gasteiger charge is -2.15. The molecule has 1 aromatic carbocycles. The molecule has 0 unspecified atom stereocenters. The summed E-state index contributed by atoms with van der Waals surface area (Å²) in [6.45, 7) is 0. The standard InChI is InChI=1S/C12H12BF/c13-10-7-4-8-11(14)12(10)9-5-2-1-3-6-9/h4-5,7-8H,1-3,6H2. The molecule has 0 heterocycles. The van der Waals surface area contributed by atoms with Crippen molar-refractivity contribution >= 4 is 18.9 Å². The molecule has 1 aliphatic carbocycles. The normalized spacial score (nSPS) is 16.5. The average molecular weight is 186 g/mol. The van der Waals surface area contributed by atoms with Crippen LogP contribution < -0.4 is 5.46 Å². The van der Waals surface area contributed by atoms with Crippen molar-refractivity contribution in [3.63, 3.8) is 0 Å². The number of benzene rings is 1. The van der Waals surface area contributed by atoms with E-state index in [2.05, 4.69) is 6.08 Å². The number of halogens is 1. The Kier molecular flexibility index (Phi) is 2.71. The van der Waals surface area contributed by atoms with Crippen LogP contribution in [0.5, 0.6) is 0 Å². The molecule has 0 nitrogen and oxygen atoms in total. The van der Waals surface area contributed by atoms with E-state index in [1.807, 2.05) is 0 Å². The van der Waals surface area contributed by atoms with Gasteiger partial charge in [-0.2, -0.15) is 0 Å². The Morgan fingerprint density at radius 1 is 1.21 bits per heavy atom. The van der Waals surface area contributed by atoms with Crippen LogP contribution in [-0.4, -0.2) is 7.85 Å². The Labute approximate surface area is 85.2 Å². The number of hydrogen-bond donors (Lipinski definition) is 0. The summed E-state index contributed by atoms with van der Waals surface area (Å²) in [4.78, 5) is 0. The molecule has 2 rings (SSSR count). The SMILES string of the molecule is [B]c1cccc(F)c1C1=CCCCC1. The van der Waals surface area contributed by atoms with Gasteiger partial charge < -0.3 is 0 Å². The van der Waals surface area contributed by atoms with E-state index in [0.717, 1.165) is 24.8 Å². The third kappa shape index (κ3) is 1.74. The van der Waals surface area contributed by atoms with Gasteiger partial charge in [-0.3, -0.25) is 0 Å². The van der Waals surface area contributed by atoms with Gasteiger partial charge in [-0.25, -0.2) is 4.39 Å². The summed E-state index contributed by atoms with van der Waals surface area (Å²) in [5.41, 5.74) is 2.25. The molecule has 0 amide bonds. The van der Waals surface area contributed by atoms with Crippen LogP contribution in [0.2, 0.25) is 0 Å². The van der Waals surface area contributed by atoms with Crippen molar-refractivity contribution in [3.8, 4) is 0 Å². The molecule has 1 aliphatic rings. The van der Waals surface area contributed by atoms with Gasteiger partial charge in [-0.1, -0.05) is 23.7 Å². The molecule has 0 fully saturated rings. The van der Waals surface area contributed by atoms with Gasteiger partial charge in [0.15, 0.2) is 0 Å². The second kappa shape index (κ2) is 3.99. The van der Waals surface area contributed by atoms with Crippen molar-refractivity contribution in [3.05, 3.63) is 35.7 Å². The zero-order valence-electron chi connectivity index (χ0n) is 8.09. The van der Waals surface area contributed by atoms with E-state index in [-0.39, 0.29) is 5.82 Å². The molecule has 70 valence electrons. The molecule has 0 saturated carbocycles. The number of rotatable bonds is 1. The Hall–Kier alpha value is -1.05. The van der Waals surface area contributed by atoms with Crippen LogP contribution in [0.25, 0.3) is 5.57 Å². The van der Waals surface area contributed by atoms with Gasteiger partial charge in [0.25, 0.3) is 0 Å². The number of allylic oxidation sites excluding steroid dienone is 2. The minimum Gasteiger partial charge on any atom is -0.206 e. The van der Waals surface area contributed by atoms with Gasteiger partial charge in [-0.05, 0) is 37.3 Å². The van der Waals surface area contributed by atoms with E-state index in [9.17, 15) is 4.39 Å². The summed E-state index contributed by atoms with van der Waals surface area (Å²) in [5, 5.41) is 0. The highest BCUT2D eigenvalue weighted by Crippen LogP contribution is 2.26. The molecule has 0 bridgehead atoms. The minimum absolute atomic E-state index is 0.196. The predicted molar refractivity (Wildman–Crippen MR) is 58.2 cm³/mol. The minimum atomic E-state index is -0.196. The third-order valence-corrected chi connectivity index (χ3v) is 2.66. The molecule has 0 aliphatic heterocycles. The van der Waals surface area contributed by atoms with Crippen LogP contribution in [0.1, 0.15) is 31.2 Å². The molecule has 0 saturated heterocycles. The fourth-order valence-corrected chi connectivity index (χ4v) is 1.94. The Morgan fingerprint density at radius 3 is 2.71 bits per heavy atom. The molecule has 14 heavy (non-hydrogen) atoms. The van der Waals surface area contributed by atoms with E-state index >= 15 is 0 Å². The highest BCUT2D eigenvalue weighted by molar-refractivity contribution is 6.34. The largest absolute Gasteiger partial charge is 0.206 e. The smallest absolute Gasteiger partial charge is 0.130 e. The van der Waals surface area contributed by atoms with Gasteiger partial charge in [0, 0.05) is 5.56 Å². The van der Waals surface area contributed by atoms with Crippen molar-refractivity contribution in [2.24, 2.45) is 0 Å². The zero-order chi connectivity index (χ0) is 9.97. The second-order valence-electron chi connectivity index (χ2n) is 3.68. The van der Waals surface area contributed by atoms with E-state index in [0.29, 0.717) is 11.0 Å². The van der Waals surface area contributed by atoms with E-state index in [1.165, 1.54) is 12.5 Å². The van der Waals surface area contributed by atoms with Gasteiger partial charge in [0.05, 0.1) is 0 Å².